The Morgan fingerprint density at radius 3 is 2.85 bits per heavy atom. The minimum Gasteiger partial charge on any atom is -0.368 e. The second-order valence-corrected chi connectivity index (χ2v) is 5.58. The van der Waals surface area contributed by atoms with Crippen LogP contribution in [0.15, 0.2) is 28.7 Å². The van der Waals surface area contributed by atoms with Crippen molar-refractivity contribution >= 4 is 33.4 Å². The predicted octanol–water partition coefficient (Wildman–Crippen LogP) is 2.02. The number of carbonyl (C=O) groups is 2. The quantitative estimate of drug-likeness (QED) is 0.912. The zero-order chi connectivity index (χ0) is 14.5. The summed E-state index contributed by atoms with van der Waals surface area (Å²) in [5.74, 6) is -0.365. The lowest BCUT2D eigenvalue weighted by molar-refractivity contribution is -0.141. The lowest BCUT2D eigenvalue weighted by Crippen LogP contribution is -2.40. The van der Waals surface area contributed by atoms with Gasteiger partial charge in [-0.25, -0.2) is 0 Å². The molecular formula is C14H17BrN2O3. The summed E-state index contributed by atoms with van der Waals surface area (Å²) in [4.78, 5) is 25.3. The Bertz CT molecular complexity index is 501. The molecule has 0 aromatic heterocycles. The van der Waals surface area contributed by atoms with Crippen molar-refractivity contribution in [1.29, 1.82) is 0 Å². The zero-order valence-electron chi connectivity index (χ0n) is 11.3. The molecule has 1 N–H and O–H groups in total. The Labute approximate surface area is 126 Å². The molecule has 108 valence electrons. The second-order valence-electron chi connectivity index (χ2n) is 4.72. The number of carbonyl (C=O) groups excluding carboxylic acids is 2. The van der Waals surface area contributed by atoms with Crippen molar-refractivity contribution in [3.63, 3.8) is 0 Å². The molecule has 1 saturated heterocycles. The molecule has 0 radical (unpaired) electrons. The summed E-state index contributed by atoms with van der Waals surface area (Å²) in [5, 5.41) is 2.77. The highest BCUT2D eigenvalue weighted by atomic mass is 79.9. The summed E-state index contributed by atoms with van der Waals surface area (Å²) < 4.78 is 6.13. The van der Waals surface area contributed by atoms with E-state index in [1.165, 1.54) is 4.90 Å². The fraction of sp³-hybridized carbons (Fsp3) is 0.429. The molecule has 6 heteroatoms. The zero-order valence-corrected chi connectivity index (χ0v) is 12.9. The van der Waals surface area contributed by atoms with Crippen molar-refractivity contribution < 1.29 is 14.3 Å². The molecule has 5 nitrogen and oxygen atoms in total. The molecule has 0 aliphatic carbocycles. The standard InChI is InChI=1S/C14H17BrN2O3/c1-17(14(19)12-7-4-8-20-12)9-13(18)16-11-6-3-2-5-10(11)15/h2-3,5-6,12H,4,7-9H2,1H3,(H,16,18). The summed E-state index contributed by atoms with van der Waals surface area (Å²) >= 11 is 3.36. The minimum atomic E-state index is -0.392. The molecule has 0 saturated carbocycles. The van der Waals surface area contributed by atoms with Gasteiger partial charge in [0.05, 0.1) is 12.2 Å². The van der Waals surface area contributed by atoms with Gasteiger partial charge in [0.1, 0.15) is 6.10 Å². The van der Waals surface area contributed by atoms with Crippen molar-refractivity contribution in [2.24, 2.45) is 0 Å². The number of hydrogen-bond donors (Lipinski definition) is 1. The molecule has 1 atom stereocenters. The number of rotatable bonds is 4. The monoisotopic (exact) mass is 340 g/mol. The first-order valence-corrected chi connectivity index (χ1v) is 7.28. The van der Waals surface area contributed by atoms with Gasteiger partial charge in [-0.1, -0.05) is 12.1 Å². The van der Waals surface area contributed by atoms with E-state index in [1.807, 2.05) is 18.2 Å². The third kappa shape index (κ3) is 3.80. The first-order chi connectivity index (χ1) is 9.58. The van der Waals surface area contributed by atoms with Gasteiger partial charge in [0, 0.05) is 18.1 Å². The highest BCUT2D eigenvalue weighted by Gasteiger charge is 2.27. The highest BCUT2D eigenvalue weighted by molar-refractivity contribution is 9.10. The van der Waals surface area contributed by atoms with Gasteiger partial charge in [-0.3, -0.25) is 9.59 Å². The summed E-state index contributed by atoms with van der Waals surface area (Å²) in [6, 6.07) is 7.34. The van der Waals surface area contributed by atoms with Crippen LogP contribution in [0.5, 0.6) is 0 Å². The maximum Gasteiger partial charge on any atom is 0.251 e. The molecule has 2 amide bonds. The average molecular weight is 341 g/mol. The Hall–Kier alpha value is -1.40. The first kappa shape index (κ1) is 15.0. The lowest BCUT2D eigenvalue weighted by atomic mass is 10.2. The Kier molecular flexibility index (Phi) is 5.14. The van der Waals surface area contributed by atoms with Crippen LogP contribution >= 0.6 is 15.9 Å². The number of benzene rings is 1. The van der Waals surface area contributed by atoms with E-state index >= 15 is 0 Å². The van der Waals surface area contributed by atoms with Gasteiger partial charge in [-0.2, -0.15) is 0 Å². The van der Waals surface area contributed by atoms with Crippen LogP contribution in [-0.2, 0) is 14.3 Å². The number of amides is 2. The van der Waals surface area contributed by atoms with Crippen LogP contribution in [0, 0.1) is 0 Å². The van der Waals surface area contributed by atoms with Crippen molar-refractivity contribution in [3.05, 3.63) is 28.7 Å². The Morgan fingerprint density at radius 1 is 1.45 bits per heavy atom. The number of nitrogens with one attached hydrogen (secondary N) is 1. The van der Waals surface area contributed by atoms with Gasteiger partial charge in [-0.15, -0.1) is 0 Å². The van der Waals surface area contributed by atoms with Gasteiger partial charge in [0.15, 0.2) is 0 Å². The molecule has 20 heavy (non-hydrogen) atoms. The molecule has 1 aliphatic rings. The van der Waals surface area contributed by atoms with E-state index in [4.69, 9.17) is 4.74 Å². The van der Waals surface area contributed by atoms with Crippen molar-refractivity contribution in [2.45, 2.75) is 18.9 Å². The van der Waals surface area contributed by atoms with Crippen molar-refractivity contribution in [3.8, 4) is 0 Å². The summed E-state index contributed by atoms with van der Waals surface area (Å²) in [7, 11) is 1.61. The van der Waals surface area contributed by atoms with Gasteiger partial charge >= 0.3 is 0 Å². The largest absolute Gasteiger partial charge is 0.368 e. The molecular weight excluding hydrogens is 324 g/mol. The molecule has 0 bridgehead atoms. The van der Waals surface area contributed by atoms with Gasteiger partial charge in [0.2, 0.25) is 5.91 Å². The minimum absolute atomic E-state index is 0.0139. The summed E-state index contributed by atoms with van der Waals surface area (Å²) in [5.41, 5.74) is 0.690. The molecule has 1 aromatic carbocycles. The third-order valence-electron chi connectivity index (χ3n) is 3.11. The molecule has 1 fully saturated rings. The van der Waals surface area contributed by atoms with E-state index in [-0.39, 0.29) is 18.4 Å². The molecule has 0 spiro atoms. The molecule has 1 unspecified atom stereocenters. The van der Waals surface area contributed by atoms with Crippen LogP contribution in [0.2, 0.25) is 0 Å². The molecule has 2 rings (SSSR count). The number of anilines is 1. The van der Waals surface area contributed by atoms with E-state index in [0.717, 1.165) is 17.3 Å². The van der Waals surface area contributed by atoms with E-state index < -0.39 is 6.10 Å². The van der Waals surface area contributed by atoms with E-state index in [1.54, 1.807) is 13.1 Å². The SMILES string of the molecule is CN(CC(=O)Nc1ccccc1Br)C(=O)C1CCCO1. The normalized spacial score (nSPS) is 17.8. The second kappa shape index (κ2) is 6.85. The fourth-order valence-corrected chi connectivity index (χ4v) is 2.45. The number of ether oxygens (including phenoxy) is 1. The van der Waals surface area contributed by atoms with Crippen LogP contribution in [0.1, 0.15) is 12.8 Å². The number of hydrogen-bond acceptors (Lipinski definition) is 3. The number of nitrogens with zero attached hydrogens (tertiary/aromatic N) is 1. The molecule has 1 aliphatic heterocycles. The number of likely N-dealkylation sites (N-methyl/N-ethyl adjacent to an activating group) is 1. The van der Waals surface area contributed by atoms with Gasteiger partial charge in [-0.05, 0) is 40.9 Å². The van der Waals surface area contributed by atoms with E-state index in [2.05, 4.69) is 21.2 Å². The van der Waals surface area contributed by atoms with Crippen molar-refractivity contribution in [1.82, 2.24) is 4.90 Å². The first-order valence-electron chi connectivity index (χ1n) is 6.49. The van der Waals surface area contributed by atoms with Crippen LogP contribution in [0.25, 0.3) is 0 Å². The summed E-state index contributed by atoms with van der Waals surface area (Å²) in [6.07, 6.45) is 1.24. The van der Waals surface area contributed by atoms with Crippen LogP contribution in [0.3, 0.4) is 0 Å². The van der Waals surface area contributed by atoms with Crippen molar-refractivity contribution in [2.75, 3.05) is 25.5 Å². The lowest BCUT2D eigenvalue weighted by Gasteiger charge is -2.20. The predicted molar refractivity (Wildman–Crippen MR) is 79.4 cm³/mol. The van der Waals surface area contributed by atoms with Crippen LogP contribution < -0.4 is 5.32 Å². The van der Waals surface area contributed by atoms with Crippen LogP contribution in [-0.4, -0.2) is 43.0 Å². The van der Waals surface area contributed by atoms with Gasteiger partial charge < -0.3 is 15.0 Å². The highest BCUT2D eigenvalue weighted by Crippen LogP contribution is 2.21. The maximum atomic E-state index is 12.0. The average Bonchev–Trinajstić information content (AvgIpc) is 2.94. The van der Waals surface area contributed by atoms with Gasteiger partial charge in [0.25, 0.3) is 5.91 Å². The topological polar surface area (TPSA) is 58.6 Å². The fourth-order valence-electron chi connectivity index (χ4n) is 2.06. The Morgan fingerprint density at radius 2 is 2.20 bits per heavy atom. The number of halogens is 1. The number of para-hydroxylation sites is 1. The third-order valence-corrected chi connectivity index (χ3v) is 3.80. The molecule has 1 heterocycles. The molecule has 1 aromatic rings. The Balaban J connectivity index is 1.87. The smallest absolute Gasteiger partial charge is 0.251 e. The maximum absolute atomic E-state index is 12.0. The van der Waals surface area contributed by atoms with Crippen LogP contribution in [0.4, 0.5) is 5.69 Å². The van der Waals surface area contributed by atoms with E-state index in [0.29, 0.717) is 12.3 Å². The summed E-state index contributed by atoms with van der Waals surface area (Å²) in [6.45, 7) is 0.632. The van der Waals surface area contributed by atoms with E-state index in [9.17, 15) is 9.59 Å².